The molecule has 1 fully saturated rings. The SMILES string of the molecule is CCC[C@H](C(N)=O)[C@@H](CC1CCC1)C(=O)NC1N=C(c2ccccc2)c2ccccc2N(Cc2cccc(-c3ccc(F)c(Cl)c3)c2)C1=O. The number of nitrogens with zero attached hydrogens (tertiary/aromatic N) is 2. The van der Waals surface area contributed by atoms with Crippen molar-refractivity contribution in [1.29, 1.82) is 0 Å². The number of halogens is 2. The molecule has 0 spiro atoms. The first-order chi connectivity index (χ1) is 23.7. The highest BCUT2D eigenvalue weighted by Gasteiger charge is 2.39. The van der Waals surface area contributed by atoms with Crippen molar-refractivity contribution in [1.82, 2.24) is 5.32 Å². The first-order valence-electron chi connectivity index (χ1n) is 16.9. The predicted molar refractivity (Wildman–Crippen MR) is 192 cm³/mol. The van der Waals surface area contributed by atoms with Crippen molar-refractivity contribution < 1.29 is 18.8 Å². The number of benzodiazepines with no additional fused rings is 1. The van der Waals surface area contributed by atoms with Crippen LogP contribution >= 0.6 is 11.6 Å². The van der Waals surface area contributed by atoms with E-state index >= 15 is 0 Å². The number of carbonyl (C=O) groups excluding carboxylic acids is 3. The lowest BCUT2D eigenvalue weighted by Gasteiger charge is -2.33. The molecule has 0 saturated heterocycles. The van der Waals surface area contributed by atoms with Crippen LogP contribution in [0.2, 0.25) is 5.02 Å². The van der Waals surface area contributed by atoms with Gasteiger partial charge in [0.15, 0.2) is 0 Å². The van der Waals surface area contributed by atoms with E-state index in [2.05, 4.69) is 5.32 Å². The average molecular weight is 679 g/mol. The summed E-state index contributed by atoms with van der Waals surface area (Å²) in [5.41, 5.74) is 11.0. The van der Waals surface area contributed by atoms with E-state index in [1.54, 1.807) is 17.0 Å². The zero-order valence-corrected chi connectivity index (χ0v) is 28.2. The van der Waals surface area contributed by atoms with Gasteiger partial charge in [-0.2, -0.15) is 0 Å². The van der Waals surface area contributed by atoms with Crippen molar-refractivity contribution in [3.63, 3.8) is 0 Å². The Morgan fingerprint density at radius 3 is 2.35 bits per heavy atom. The topological polar surface area (TPSA) is 105 Å². The number of hydrogen-bond acceptors (Lipinski definition) is 4. The number of carbonyl (C=O) groups is 3. The summed E-state index contributed by atoms with van der Waals surface area (Å²) in [6, 6.07) is 29.3. The Morgan fingerprint density at radius 2 is 1.65 bits per heavy atom. The first kappa shape index (κ1) is 34.1. The van der Waals surface area contributed by atoms with E-state index in [-0.39, 0.29) is 17.5 Å². The first-order valence-corrected chi connectivity index (χ1v) is 17.3. The number of nitrogens with two attached hydrogens (primary N) is 1. The molecule has 1 heterocycles. The largest absolute Gasteiger partial charge is 0.369 e. The van der Waals surface area contributed by atoms with Crippen molar-refractivity contribution in [2.24, 2.45) is 28.5 Å². The molecule has 4 aromatic carbocycles. The van der Waals surface area contributed by atoms with E-state index in [1.807, 2.05) is 85.8 Å². The van der Waals surface area contributed by atoms with Crippen molar-refractivity contribution >= 4 is 40.7 Å². The summed E-state index contributed by atoms with van der Waals surface area (Å²) in [5, 5.41) is 3.00. The molecule has 6 rings (SSSR count). The molecule has 252 valence electrons. The maximum absolute atomic E-state index is 14.7. The summed E-state index contributed by atoms with van der Waals surface area (Å²) < 4.78 is 13.9. The van der Waals surface area contributed by atoms with E-state index < -0.39 is 35.6 Å². The standard InChI is InChI=1S/C40H40ClFN4O3/c1-2-10-30(37(43)47)32(22-25-11-8-12-25)39(48)45-38-40(49)46(24-26-13-9-16-28(21-26)29-19-20-34(42)33(41)23-29)35-18-7-6-17-31(35)36(44-38)27-14-4-3-5-15-27/h3-7,9,13-21,23,25,30,32,38H,2,8,10-12,22,24H2,1H3,(H2,43,47)(H,45,48)/t30-,32+,38?/m0/s1. The summed E-state index contributed by atoms with van der Waals surface area (Å²) in [4.78, 5) is 48.1. The van der Waals surface area contributed by atoms with Gasteiger partial charge in [-0.1, -0.05) is 117 Å². The van der Waals surface area contributed by atoms with Crippen LogP contribution in [0, 0.1) is 23.6 Å². The van der Waals surface area contributed by atoms with E-state index in [0.717, 1.165) is 47.1 Å². The van der Waals surface area contributed by atoms with Gasteiger partial charge < -0.3 is 16.0 Å². The Balaban J connectivity index is 1.39. The number of fused-ring (bicyclic) bond motifs is 1. The van der Waals surface area contributed by atoms with E-state index in [9.17, 15) is 18.8 Å². The number of rotatable bonds is 12. The number of aliphatic imine (C=N–C) groups is 1. The zero-order chi connectivity index (χ0) is 34.5. The molecule has 3 amide bonds. The third-order valence-corrected chi connectivity index (χ3v) is 9.94. The smallest absolute Gasteiger partial charge is 0.272 e. The van der Waals surface area contributed by atoms with Gasteiger partial charge in [0.2, 0.25) is 18.0 Å². The minimum atomic E-state index is -1.26. The average Bonchev–Trinajstić information content (AvgIpc) is 3.19. The number of nitrogens with one attached hydrogen (secondary N) is 1. The second-order valence-corrected chi connectivity index (χ2v) is 13.4. The molecule has 49 heavy (non-hydrogen) atoms. The Hall–Kier alpha value is -4.82. The Morgan fingerprint density at radius 1 is 0.939 bits per heavy atom. The van der Waals surface area contributed by atoms with Gasteiger partial charge in [0.25, 0.3) is 5.91 Å². The van der Waals surface area contributed by atoms with Crippen molar-refractivity contribution in [3.8, 4) is 11.1 Å². The normalized spacial score (nSPS) is 17.3. The second kappa shape index (κ2) is 15.2. The van der Waals surface area contributed by atoms with Gasteiger partial charge in [-0.05, 0) is 59.7 Å². The van der Waals surface area contributed by atoms with Gasteiger partial charge >= 0.3 is 0 Å². The molecule has 0 radical (unpaired) electrons. The fourth-order valence-corrected chi connectivity index (χ4v) is 7.04. The van der Waals surface area contributed by atoms with Crippen LogP contribution in [0.25, 0.3) is 11.1 Å². The summed E-state index contributed by atoms with van der Waals surface area (Å²) in [6.07, 6.45) is 3.59. The van der Waals surface area contributed by atoms with Crippen LogP contribution in [0.3, 0.4) is 0 Å². The minimum Gasteiger partial charge on any atom is -0.369 e. The van der Waals surface area contributed by atoms with Crippen LogP contribution in [0.5, 0.6) is 0 Å². The maximum Gasteiger partial charge on any atom is 0.272 e. The van der Waals surface area contributed by atoms with E-state index in [4.69, 9.17) is 22.3 Å². The van der Waals surface area contributed by atoms with Gasteiger partial charge in [0.05, 0.1) is 23.0 Å². The van der Waals surface area contributed by atoms with Gasteiger partial charge in [-0.15, -0.1) is 0 Å². The van der Waals surface area contributed by atoms with Crippen LogP contribution in [0.4, 0.5) is 10.1 Å². The Bertz CT molecular complexity index is 1880. The van der Waals surface area contributed by atoms with Crippen LogP contribution in [0.15, 0.2) is 102 Å². The quantitative estimate of drug-likeness (QED) is 0.161. The molecular weight excluding hydrogens is 639 g/mol. The number of benzene rings is 4. The number of para-hydroxylation sites is 1. The third-order valence-electron chi connectivity index (χ3n) is 9.65. The zero-order valence-electron chi connectivity index (χ0n) is 27.4. The molecule has 7 nitrogen and oxygen atoms in total. The monoisotopic (exact) mass is 678 g/mol. The number of amides is 3. The van der Waals surface area contributed by atoms with Gasteiger partial charge in [0.1, 0.15) is 5.82 Å². The third kappa shape index (κ3) is 7.60. The molecule has 1 aliphatic heterocycles. The summed E-state index contributed by atoms with van der Waals surface area (Å²) in [7, 11) is 0. The molecule has 4 aromatic rings. The summed E-state index contributed by atoms with van der Waals surface area (Å²) in [6.45, 7) is 2.14. The van der Waals surface area contributed by atoms with Gasteiger partial charge in [-0.25, -0.2) is 9.38 Å². The molecule has 1 saturated carbocycles. The lowest BCUT2D eigenvalue weighted by atomic mass is 9.74. The van der Waals surface area contributed by atoms with Crippen molar-refractivity contribution in [3.05, 3.63) is 125 Å². The molecule has 1 unspecified atom stereocenters. The van der Waals surface area contributed by atoms with Crippen molar-refractivity contribution in [2.75, 3.05) is 4.90 Å². The van der Waals surface area contributed by atoms with Crippen LogP contribution in [-0.4, -0.2) is 29.6 Å². The summed E-state index contributed by atoms with van der Waals surface area (Å²) in [5.74, 6) is -2.76. The second-order valence-electron chi connectivity index (χ2n) is 13.0. The summed E-state index contributed by atoms with van der Waals surface area (Å²) >= 11 is 6.09. The fourth-order valence-electron chi connectivity index (χ4n) is 6.86. The highest BCUT2D eigenvalue weighted by atomic mass is 35.5. The fraction of sp³-hybridized carbons (Fsp3) is 0.300. The molecule has 3 N–H and O–H groups in total. The Kier molecular flexibility index (Phi) is 10.5. The number of hydrogen-bond donors (Lipinski definition) is 2. The highest BCUT2D eigenvalue weighted by Crippen LogP contribution is 2.37. The molecule has 0 bridgehead atoms. The van der Waals surface area contributed by atoms with E-state index in [0.29, 0.717) is 36.6 Å². The maximum atomic E-state index is 14.7. The van der Waals surface area contributed by atoms with Crippen LogP contribution in [-0.2, 0) is 20.9 Å². The molecule has 0 aromatic heterocycles. The molecule has 3 atom stereocenters. The van der Waals surface area contributed by atoms with Gasteiger partial charge in [0, 0.05) is 23.0 Å². The number of primary amides is 1. The molecule has 1 aliphatic carbocycles. The van der Waals surface area contributed by atoms with Crippen LogP contribution < -0.4 is 16.0 Å². The van der Waals surface area contributed by atoms with E-state index in [1.165, 1.54) is 6.07 Å². The number of anilines is 1. The predicted octanol–water partition coefficient (Wildman–Crippen LogP) is 7.68. The minimum absolute atomic E-state index is 0.0248. The molecule has 2 aliphatic rings. The van der Waals surface area contributed by atoms with Crippen LogP contribution in [0.1, 0.15) is 62.1 Å². The molecular formula is C40H40ClFN4O3. The Labute approximate surface area is 291 Å². The lowest BCUT2D eigenvalue weighted by molar-refractivity contribution is -0.136. The lowest BCUT2D eigenvalue weighted by Crippen LogP contribution is -2.51. The highest BCUT2D eigenvalue weighted by molar-refractivity contribution is 6.31. The van der Waals surface area contributed by atoms with Gasteiger partial charge in [-0.3, -0.25) is 14.4 Å². The van der Waals surface area contributed by atoms with Crippen molar-refractivity contribution in [2.45, 2.75) is 58.2 Å². The molecule has 9 heteroatoms.